The summed E-state index contributed by atoms with van der Waals surface area (Å²) in [6, 6.07) is 0. The van der Waals surface area contributed by atoms with Gasteiger partial charge in [0.05, 0.1) is 6.61 Å². The van der Waals surface area contributed by atoms with Gasteiger partial charge >= 0.3 is 11.9 Å². The van der Waals surface area contributed by atoms with E-state index in [1.165, 1.54) is 103 Å². The molecule has 354 valence electrons. The number of esters is 2. The van der Waals surface area contributed by atoms with Gasteiger partial charge in [0.15, 0.2) is 6.10 Å². The van der Waals surface area contributed by atoms with Gasteiger partial charge in [0.2, 0.25) is 0 Å². The summed E-state index contributed by atoms with van der Waals surface area (Å²) in [4.78, 5) is 24.5. The molecule has 1 N–H and O–H groups in total. The van der Waals surface area contributed by atoms with E-state index in [2.05, 4.69) is 111 Å². The summed E-state index contributed by atoms with van der Waals surface area (Å²) in [6.45, 7) is 4.00. The fraction of sp³-hybridized carbons (Fsp3) is 0.684. The standard InChI is InChI=1S/C57H96O5/c1-3-5-7-9-11-13-15-17-19-21-23-25-26-27-28-29-30-32-33-35-37-39-41-43-45-47-49-51-56(59)61-54-55(53-58)62-57(60)52-50-48-46-44-42-40-38-36-34-31-24-22-20-18-16-14-12-10-8-6-4-2/h6,8,12,14-15,17-18,20-21,23-24,26-27,31,36,38,55,58H,3-5,7,9-11,13,16,19,22,25,28-30,32-35,37,39-54H2,1-2H3/b8-6-,14-12-,17-15-,20-18-,23-21-,27-26-,31-24-,38-36-. The second-order valence-corrected chi connectivity index (χ2v) is 16.9. The van der Waals surface area contributed by atoms with E-state index in [0.29, 0.717) is 12.8 Å². The van der Waals surface area contributed by atoms with Crippen molar-refractivity contribution in [3.8, 4) is 0 Å². The number of hydrogen-bond acceptors (Lipinski definition) is 5. The van der Waals surface area contributed by atoms with Crippen LogP contribution in [0.25, 0.3) is 0 Å². The second kappa shape index (κ2) is 52.2. The van der Waals surface area contributed by atoms with Crippen LogP contribution in [-0.2, 0) is 19.1 Å². The summed E-state index contributed by atoms with van der Waals surface area (Å²) < 4.78 is 10.7. The third kappa shape index (κ3) is 49.5. The Kier molecular flexibility index (Phi) is 49.5. The molecule has 0 rings (SSSR count). The summed E-state index contributed by atoms with van der Waals surface area (Å²) in [5.41, 5.74) is 0. The van der Waals surface area contributed by atoms with Crippen LogP contribution in [0.15, 0.2) is 97.2 Å². The van der Waals surface area contributed by atoms with E-state index in [9.17, 15) is 14.7 Å². The van der Waals surface area contributed by atoms with Crippen molar-refractivity contribution in [1.29, 1.82) is 0 Å². The molecular formula is C57H96O5. The number of allylic oxidation sites excluding steroid dienone is 16. The van der Waals surface area contributed by atoms with Crippen molar-refractivity contribution in [2.24, 2.45) is 0 Å². The van der Waals surface area contributed by atoms with Crippen molar-refractivity contribution in [1.82, 2.24) is 0 Å². The lowest BCUT2D eigenvalue weighted by Gasteiger charge is -2.15. The first-order valence-corrected chi connectivity index (χ1v) is 25.8. The van der Waals surface area contributed by atoms with Gasteiger partial charge in [0.1, 0.15) is 6.61 Å². The Morgan fingerprint density at radius 2 is 0.694 bits per heavy atom. The molecule has 62 heavy (non-hydrogen) atoms. The average molecular weight is 861 g/mol. The SMILES string of the molecule is CC/C=C\C/C=C\C/C=C\C/C=C\C/C=C\CCCCCCCC(=O)OC(CO)COC(=O)CCCCCCCCCCCCCC/C=C\C/C=C\C/C=C\CCCCCCC. The van der Waals surface area contributed by atoms with Crippen LogP contribution in [-0.4, -0.2) is 36.4 Å². The normalized spacial score (nSPS) is 13.0. The number of rotatable bonds is 46. The minimum atomic E-state index is -0.790. The number of hydrogen-bond donors (Lipinski definition) is 1. The molecule has 1 unspecified atom stereocenters. The molecule has 0 aromatic heterocycles. The van der Waals surface area contributed by atoms with Gasteiger partial charge in [0.25, 0.3) is 0 Å². The molecule has 0 radical (unpaired) electrons. The second-order valence-electron chi connectivity index (χ2n) is 16.9. The molecule has 0 aliphatic rings. The lowest BCUT2D eigenvalue weighted by atomic mass is 10.0. The predicted molar refractivity (Wildman–Crippen MR) is 269 cm³/mol. The van der Waals surface area contributed by atoms with E-state index in [0.717, 1.165) is 103 Å². The highest BCUT2D eigenvalue weighted by Crippen LogP contribution is 2.14. The van der Waals surface area contributed by atoms with Crippen LogP contribution in [0.2, 0.25) is 0 Å². The number of carbonyl (C=O) groups excluding carboxylic acids is 2. The molecule has 5 nitrogen and oxygen atoms in total. The Balaban J connectivity index is 3.56. The third-order valence-electron chi connectivity index (χ3n) is 10.9. The highest BCUT2D eigenvalue weighted by atomic mass is 16.6. The Bertz CT molecular complexity index is 1200. The predicted octanol–water partition coefficient (Wildman–Crippen LogP) is 17.2. The lowest BCUT2D eigenvalue weighted by Crippen LogP contribution is -2.28. The Hall–Kier alpha value is -3.18. The number of ether oxygens (including phenoxy) is 2. The molecule has 0 aromatic carbocycles. The fourth-order valence-electron chi connectivity index (χ4n) is 7.00. The topological polar surface area (TPSA) is 72.8 Å². The van der Waals surface area contributed by atoms with Gasteiger partial charge in [-0.15, -0.1) is 0 Å². The van der Waals surface area contributed by atoms with Gasteiger partial charge in [-0.1, -0.05) is 220 Å². The van der Waals surface area contributed by atoms with Crippen molar-refractivity contribution in [2.45, 2.75) is 238 Å². The smallest absolute Gasteiger partial charge is 0.306 e. The van der Waals surface area contributed by atoms with Gasteiger partial charge < -0.3 is 14.6 Å². The van der Waals surface area contributed by atoms with E-state index in [1.807, 2.05) is 0 Å². The summed E-state index contributed by atoms with van der Waals surface area (Å²) in [5, 5.41) is 9.63. The minimum absolute atomic E-state index is 0.0798. The molecule has 0 fully saturated rings. The van der Waals surface area contributed by atoms with Crippen LogP contribution in [0.5, 0.6) is 0 Å². The van der Waals surface area contributed by atoms with E-state index in [4.69, 9.17) is 9.47 Å². The van der Waals surface area contributed by atoms with Gasteiger partial charge in [0, 0.05) is 12.8 Å². The Labute approximate surface area is 383 Å². The van der Waals surface area contributed by atoms with Gasteiger partial charge in [-0.05, 0) is 96.3 Å². The molecule has 0 aromatic rings. The molecule has 0 saturated heterocycles. The van der Waals surface area contributed by atoms with E-state index in [-0.39, 0.29) is 25.2 Å². The molecule has 1 atom stereocenters. The maximum atomic E-state index is 12.3. The maximum Gasteiger partial charge on any atom is 0.306 e. The van der Waals surface area contributed by atoms with Crippen LogP contribution in [0.4, 0.5) is 0 Å². The van der Waals surface area contributed by atoms with E-state index >= 15 is 0 Å². The average Bonchev–Trinajstić information content (AvgIpc) is 3.28. The van der Waals surface area contributed by atoms with Gasteiger partial charge in [-0.25, -0.2) is 0 Å². The largest absolute Gasteiger partial charge is 0.462 e. The number of aliphatic hydroxyl groups is 1. The van der Waals surface area contributed by atoms with Crippen LogP contribution >= 0.6 is 0 Å². The third-order valence-corrected chi connectivity index (χ3v) is 10.9. The van der Waals surface area contributed by atoms with Crippen LogP contribution in [0, 0.1) is 0 Å². The summed E-state index contributed by atoms with van der Waals surface area (Å²) in [5.74, 6) is -0.617. The molecule has 0 aliphatic heterocycles. The zero-order valence-corrected chi connectivity index (χ0v) is 40.4. The van der Waals surface area contributed by atoms with E-state index < -0.39 is 6.10 Å². The van der Waals surface area contributed by atoms with Crippen molar-refractivity contribution >= 4 is 11.9 Å². The minimum Gasteiger partial charge on any atom is -0.462 e. The fourth-order valence-corrected chi connectivity index (χ4v) is 7.00. The zero-order valence-electron chi connectivity index (χ0n) is 40.4. The maximum absolute atomic E-state index is 12.3. The number of unbranched alkanes of at least 4 members (excludes halogenated alkanes) is 22. The van der Waals surface area contributed by atoms with Crippen LogP contribution in [0.1, 0.15) is 232 Å². The molecule has 5 heteroatoms. The van der Waals surface area contributed by atoms with Crippen LogP contribution < -0.4 is 0 Å². The zero-order chi connectivity index (χ0) is 44.9. The van der Waals surface area contributed by atoms with Gasteiger partial charge in [-0.3, -0.25) is 9.59 Å². The summed E-state index contributed by atoms with van der Waals surface area (Å²) in [7, 11) is 0. The summed E-state index contributed by atoms with van der Waals surface area (Å²) >= 11 is 0. The quantitative estimate of drug-likeness (QED) is 0.0375. The highest BCUT2D eigenvalue weighted by molar-refractivity contribution is 5.70. The molecule has 0 bridgehead atoms. The first-order chi connectivity index (χ1) is 30.6. The van der Waals surface area contributed by atoms with Crippen molar-refractivity contribution in [3.05, 3.63) is 97.2 Å². The molecule has 0 saturated carbocycles. The Morgan fingerprint density at radius 3 is 1.05 bits per heavy atom. The van der Waals surface area contributed by atoms with Gasteiger partial charge in [-0.2, -0.15) is 0 Å². The highest BCUT2D eigenvalue weighted by Gasteiger charge is 2.16. The van der Waals surface area contributed by atoms with E-state index in [1.54, 1.807) is 0 Å². The monoisotopic (exact) mass is 861 g/mol. The van der Waals surface area contributed by atoms with Crippen LogP contribution in [0.3, 0.4) is 0 Å². The Morgan fingerprint density at radius 1 is 0.387 bits per heavy atom. The summed E-state index contributed by atoms with van der Waals surface area (Å²) in [6.07, 6.45) is 73.5. The first-order valence-electron chi connectivity index (χ1n) is 25.8. The molecular weight excluding hydrogens is 765 g/mol. The van der Waals surface area contributed by atoms with Crippen molar-refractivity contribution in [3.63, 3.8) is 0 Å². The molecule has 0 aliphatic carbocycles. The first kappa shape index (κ1) is 58.8. The number of carbonyl (C=O) groups is 2. The lowest BCUT2D eigenvalue weighted by molar-refractivity contribution is -0.161. The molecule has 0 amide bonds. The number of aliphatic hydroxyl groups excluding tert-OH is 1. The van der Waals surface area contributed by atoms with Crippen molar-refractivity contribution in [2.75, 3.05) is 13.2 Å². The molecule has 0 spiro atoms. The molecule has 0 heterocycles. The van der Waals surface area contributed by atoms with Crippen molar-refractivity contribution < 1.29 is 24.2 Å².